The average molecular weight is 233 g/mol. The molecular formula is C14H19NO2. The summed E-state index contributed by atoms with van der Waals surface area (Å²) in [6.45, 7) is 3.46. The van der Waals surface area contributed by atoms with Gasteiger partial charge in [-0.25, -0.2) is 0 Å². The summed E-state index contributed by atoms with van der Waals surface area (Å²) in [7, 11) is 0. The third kappa shape index (κ3) is 2.86. The van der Waals surface area contributed by atoms with Gasteiger partial charge in [-0.1, -0.05) is 18.2 Å². The Morgan fingerprint density at radius 3 is 2.76 bits per heavy atom. The van der Waals surface area contributed by atoms with Crippen LogP contribution < -0.4 is 5.32 Å². The molecule has 0 radical (unpaired) electrons. The molecule has 92 valence electrons. The molecule has 3 heteroatoms. The molecule has 1 aliphatic carbocycles. The van der Waals surface area contributed by atoms with Crippen molar-refractivity contribution in [2.75, 3.05) is 0 Å². The molecule has 0 unspecified atom stereocenters. The quantitative estimate of drug-likeness (QED) is 0.832. The van der Waals surface area contributed by atoms with Gasteiger partial charge < -0.3 is 10.4 Å². The first kappa shape index (κ1) is 12.1. The van der Waals surface area contributed by atoms with Crippen LogP contribution in [0.1, 0.15) is 37.0 Å². The fourth-order valence-corrected chi connectivity index (χ4v) is 2.13. The number of aliphatic hydroxyl groups is 1. The van der Waals surface area contributed by atoms with Crippen LogP contribution in [0.25, 0.3) is 0 Å². The van der Waals surface area contributed by atoms with E-state index in [1.165, 1.54) is 37.8 Å². The van der Waals surface area contributed by atoms with Gasteiger partial charge in [0.25, 0.3) is 5.91 Å². The average Bonchev–Trinajstić information content (AvgIpc) is 2.71. The standard InChI is InChI=1S/C14H19NO2/c1-14(2,17)13(16)15-9-10-6-7-11-4-3-5-12(11)8-10/h6-8,17H,3-5,9H2,1-2H3,(H,15,16). The lowest BCUT2D eigenvalue weighted by atomic mass is 10.1. The highest BCUT2D eigenvalue weighted by atomic mass is 16.3. The summed E-state index contributed by atoms with van der Waals surface area (Å²) < 4.78 is 0. The van der Waals surface area contributed by atoms with E-state index in [1.807, 2.05) is 0 Å². The first-order valence-corrected chi connectivity index (χ1v) is 6.08. The van der Waals surface area contributed by atoms with E-state index in [-0.39, 0.29) is 5.91 Å². The smallest absolute Gasteiger partial charge is 0.251 e. The maximum atomic E-state index is 11.5. The van der Waals surface area contributed by atoms with Crippen LogP contribution in [-0.2, 0) is 24.2 Å². The van der Waals surface area contributed by atoms with Crippen LogP contribution in [0.3, 0.4) is 0 Å². The lowest BCUT2D eigenvalue weighted by Crippen LogP contribution is -2.41. The second-order valence-electron chi connectivity index (χ2n) is 5.20. The number of benzene rings is 1. The number of aryl methyl sites for hydroxylation is 2. The van der Waals surface area contributed by atoms with E-state index in [9.17, 15) is 9.90 Å². The van der Waals surface area contributed by atoms with Gasteiger partial charge in [0, 0.05) is 6.54 Å². The maximum Gasteiger partial charge on any atom is 0.251 e. The Hall–Kier alpha value is -1.35. The normalized spacial score (nSPS) is 14.5. The topological polar surface area (TPSA) is 49.3 Å². The summed E-state index contributed by atoms with van der Waals surface area (Å²) >= 11 is 0. The van der Waals surface area contributed by atoms with Crippen molar-refractivity contribution in [1.82, 2.24) is 5.32 Å². The highest BCUT2D eigenvalue weighted by Crippen LogP contribution is 2.22. The minimum atomic E-state index is -1.31. The zero-order valence-corrected chi connectivity index (χ0v) is 10.4. The Kier molecular flexibility index (Phi) is 3.20. The molecule has 3 nitrogen and oxygen atoms in total. The second kappa shape index (κ2) is 4.49. The number of hydrogen-bond acceptors (Lipinski definition) is 2. The number of carbonyl (C=O) groups is 1. The van der Waals surface area contributed by atoms with Crippen molar-refractivity contribution in [3.8, 4) is 0 Å². The molecule has 1 aromatic rings. The molecule has 0 aliphatic heterocycles. The molecule has 17 heavy (non-hydrogen) atoms. The first-order valence-electron chi connectivity index (χ1n) is 6.08. The van der Waals surface area contributed by atoms with Gasteiger partial charge in [-0.05, 0) is 49.8 Å². The van der Waals surface area contributed by atoms with Crippen LogP contribution in [0.5, 0.6) is 0 Å². The van der Waals surface area contributed by atoms with Crippen LogP contribution >= 0.6 is 0 Å². The first-order chi connectivity index (χ1) is 7.97. The molecule has 0 fully saturated rings. The zero-order chi connectivity index (χ0) is 12.5. The lowest BCUT2D eigenvalue weighted by Gasteiger charge is -2.16. The van der Waals surface area contributed by atoms with Gasteiger partial charge in [0.1, 0.15) is 5.60 Å². The van der Waals surface area contributed by atoms with Crippen LogP contribution in [0, 0.1) is 0 Å². The molecule has 0 atom stereocenters. The molecule has 2 rings (SSSR count). The third-order valence-electron chi connectivity index (χ3n) is 3.17. The van der Waals surface area contributed by atoms with Crippen molar-refractivity contribution >= 4 is 5.91 Å². The van der Waals surface area contributed by atoms with Gasteiger partial charge in [0.2, 0.25) is 0 Å². The van der Waals surface area contributed by atoms with Crippen molar-refractivity contribution in [1.29, 1.82) is 0 Å². The summed E-state index contributed by atoms with van der Waals surface area (Å²) in [6.07, 6.45) is 3.54. The molecule has 0 spiro atoms. The number of nitrogens with one attached hydrogen (secondary N) is 1. The summed E-state index contributed by atoms with van der Waals surface area (Å²) in [5.41, 5.74) is 2.63. The Bertz CT molecular complexity index is 432. The summed E-state index contributed by atoms with van der Waals surface area (Å²) in [6, 6.07) is 6.36. The molecule has 0 bridgehead atoms. The monoisotopic (exact) mass is 233 g/mol. The summed E-state index contributed by atoms with van der Waals surface area (Å²) in [5, 5.41) is 12.2. The highest BCUT2D eigenvalue weighted by Gasteiger charge is 2.23. The van der Waals surface area contributed by atoms with Crippen molar-refractivity contribution in [2.24, 2.45) is 0 Å². The Balaban J connectivity index is 1.98. The van der Waals surface area contributed by atoms with Gasteiger partial charge in [0.15, 0.2) is 0 Å². The second-order valence-corrected chi connectivity index (χ2v) is 5.20. The largest absolute Gasteiger partial charge is 0.381 e. The number of hydrogen-bond donors (Lipinski definition) is 2. The Labute approximate surface area is 102 Å². The van der Waals surface area contributed by atoms with Crippen molar-refractivity contribution in [2.45, 2.75) is 45.3 Å². The van der Waals surface area contributed by atoms with Gasteiger partial charge in [0.05, 0.1) is 0 Å². The molecule has 1 amide bonds. The third-order valence-corrected chi connectivity index (χ3v) is 3.17. The zero-order valence-electron chi connectivity index (χ0n) is 10.4. The van der Waals surface area contributed by atoms with E-state index in [0.717, 1.165) is 12.0 Å². The van der Waals surface area contributed by atoms with Crippen molar-refractivity contribution < 1.29 is 9.90 Å². The van der Waals surface area contributed by atoms with Crippen molar-refractivity contribution in [3.63, 3.8) is 0 Å². The van der Waals surface area contributed by atoms with Crippen molar-refractivity contribution in [3.05, 3.63) is 34.9 Å². The molecule has 0 heterocycles. The van der Waals surface area contributed by atoms with Gasteiger partial charge in [-0.2, -0.15) is 0 Å². The number of fused-ring (bicyclic) bond motifs is 1. The molecule has 1 aromatic carbocycles. The fourth-order valence-electron chi connectivity index (χ4n) is 2.13. The number of amides is 1. The SMILES string of the molecule is CC(C)(O)C(=O)NCc1ccc2c(c1)CCC2. The fraction of sp³-hybridized carbons (Fsp3) is 0.500. The van der Waals surface area contributed by atoms with Gasteiger partial charge >= 0.3 is 0 Å². The van der Waals surface area contributed by atoms with Crippen LogP contribution in [-0.4, -0.2) is 16.6 Å². The predicted octanol–water partition coefficient (Wildman–Crippen LogP) is 1.56. The molecule has 0 aromatic heterocycles. The Morgan fingerprint density at radius 2 is 2.06 bits per heavy atom. The van der Waals surface area contributed by atoms with E-state index >= 15 is 0 Å². The number of rotatable bonds is 3. The van der Waals surface area contributed by atoms with E-state index in [1.54, 1.807) is 0 Å². The molecule has 0 saturated heterocycles. The Morgan fingerprint density at radius 1 is 1.35 bits per heavy atom. The highest BCUT2D eigenvalue weighted by molar-refractivity contribution is 5.83. The van der Waals surface area contributed by atoms with Crippen LogP contribution in [0.4, 0.5) is 0 Å². The lowest BCUT2D eigenvalue weighted by molar-refractivity contribution is -0.136. The summed E-state index contributed by atoms with van der Waals surface area (Å²) in [4.78, 5) is 11.5. The number of carbonyl (C=O) groups excluding carboxylic acids is 1. The maximum absolute atomic E-state index is 11.5. The van der Waals surface area contributed by atoms with E-state index < -0.39 is 5.60 Å². The van der Waals surface area contributed by atoms with Crippen LogP contribution in [0.15, 0.2) is 18.2 Å². The molecule has 0 saturated carbocycles. The van der Waals surface area contributed by atoms with E-state index in [2.05, 4.69) is 23.5 Å². The molecule has 2 N–H and O–H groups in total. The predicted molar refractivity (Wildman–Crippen MR) is 66.6 cm³/mol. The van der Waals surface area contributed by atoms with E-state index in [4.69, 9.17) is 0 Å². The van der Waals surface area contributed by atoms with Gasteiger partial charge in [-0.3, -0.25) is 4.79 Å². The minimum absolute atomic E-state index is 0.335. The van der Waals surface area contributed by atoms with Crippen LogP contribution in [0.2, 0.25) is 0 Å². The summed E-state index contributed by atoms with van der Waals surface area (Å²) in [5.74, 6) is -0.335. The van der Waals surface area contributed by atoms with Gasteiger partial charge in [-0.15, -0.1) is 0 Å². The van der Waals surface area contributed by atoms with E-state index in [0.29, 0.717) is 6.54 Å². The minimum Gasteiger partial charge on any atom is -0.381 e. The molecular weight excluding hydrogens is 214 g/mol. The molecule has 1 aliphatic rings.